The number of benzene rings is 2. The van der Waals surface area contributed by atoms with Crippen molar-refractivity contribution in [1.29, 1.82) is 0 Å². The molecule has 0 saturated heterocycles. The van der Waals surface area contributed by atoms with Crippen LogP contribution in [0.15, 0.2) is 42.5 Å². The van der Waals surface area contributed by atoms with Gasteiger partial charge in [-0.15, -0.1) is 0 Å². The molecule has 0 atom stereocenters. The van der Waals surface area contributed by atoms with Crippen LogP contribution in [0, 0.1) is 0 Å². The first-order valence-corrected chi connectivity index (χ1v) is 8.87. The molecule has 0 fully saturated rings. The van der Waals surface area contributed by atoms with E-state index in [9.17, 15) is 4.79 Å². The normalized spacial score (nSPS) is 11.6. The maximum atomic E-state index is 10.9. The summed E-state index contributed by atoms with van der Waals surface area (Å²) in [4.78, 5) is 10.9. The minimum absolute atomic E-state index is 0.0209. The van der Waals surface area contributed by atoms with Gasteiger partial charge in [0.05, 0.1) is 24.9 Å². The van der Waals surface area contributed by atoms with Crippen molar-refractivity contribution < 1.29 is 19.4 Å². The Hall–Kier alpha value is -2.33. The van der Waals surface area contributed by atoms with E-state index in [0.29, 0.717) is 13.2 Å². The van der Waals surface area contributed by atoms with Crippen LogP contribution in [-0.4, -0.2) is 17.2 Å². The molecule has 2 aromatic carbocycles. The minimum atomic E-state index is -0.920. The zero-order valence-corrected chi connectivity index (χ0v) is 16.2. The largest absolute Gasteiger partial charge is 0.491 e. The number of hydrogen-bond acceptors (Lipinski definition) is 3. The van der Waals surface area contributed by atoms with E-state index in [0.717, 1.165) is 22.4 Å². The van der Waals surface area contributed by atoms with Crippen molar-refractivity contribution in [3.63, 3.8) is 0 Å². The summed E-state index contributed by atoms with van der Waals surface area (Å²) < 4.78 is 11.7. The first-order chi connectivity index (χ1) is 12.2. The first kappa shape index (κ1) is 20.0. The van der Waals surface area contributed by atoms with Gasteiger partial charge in [-0.1, -0.05) is 39.0 Å². The van der Waals surface area contributed by atoms with Crippen molar-refractivity contribution in [2.75, 3.05) is 0 Å². The SMILES string of the molecule is CC(C)Oc1ccc(COCc2ccc(C(=O)O)cc2)cc1C(C)(C)C. The van der Waals surface area contributed by atoms with Crippen molar-refractivity contribution in [2.24, 2.45) is 0 Å². The summed E-state index contributed by atoms with van der Waals surface area (Å²) in [5.74, 6) is -0.00334. The summed E-state index contributed by atoms with van der Waals surface area (Å²) in [6, 6.07) is 12.9. The third-order valence-electron chi connectivity index (χ3n) is 3.95. The fourth-order valence-corrected chi connectivity index (χ4v) is 2.64. The van der Waals surface area contributed by atoms with Gasteiger partial charge in [-0.3, -0.25) is 0 Å². The van der Waals surface area contributed by atoms with Crippen LogP contribution in [0.1, 0.15) is 61.7 Å². The number of aromatic carboxylic acids is 1. The Morgan fingerprint density at radius 2 is 1.58 bits per heavy atom. The maximum Gasteiger partial charge on any atom is 0.335 e. The molecule has 1 N–H and O–H groups in total. The lowest BCUT2D eigenvalue weighted by molar-refractivity contribution is 0.0696. The quantitative estimate of drug-likeness (QED) is 0.742. The van der Waals surface area contributed by atoms with E-state index >= 15 is 0 Å². The number of carbonyl (C=O) groups is 1. The fourth-order valence-electron chi connectivity index (χ4n) is 2.64. The van der Waals surface area contributed by atoms with Gasteiger partial charge >= 0.3 is 5.97 Å². The molecule has 0 unspecified atom stereocenters. The third kappa shape index (κ3) is 5.60. The molecule has 0 aliphatic heterocycles. The Morgan fingerprint density at radius 1 is 1.00 bits per heavy atom. The van der Waals surface area contributed by atoms with Crippen LogP contribution >= 0.6 is 0 Å². The topological polar surface area (TPSA) is 55.8 Å². The van der Waals surface area contributed by atoms with E-state index in [1.165, 1.54) is 0 Å². The molecule has 0 aromatic heterocycles. The zero-order chi connectivity index (χ0) is 19.3. The van der Waals surface area contributed by atoms with Crippen molar-refractivity contribution in [3.8, 4) is 5.75 Å². The third-order valence-corrected chi connectivity index (χ3v) is 3.95. The van der Waals surface area contributed by atoms with Gasteiger partial charge in [0.25, 0.3) is 0 Å². The van der Waals surface area contributed by atoms with E-state index in [4.69, 9.17) is 14.6 Å². The Labute approximate surface area is 155 Å². The average molecular weight is 356 g/mol. The van der Waals surface area contributed by atoms with Gasteiger partial charge in [-0.2, -0.15) is 0 Å². The van der Waals surface area contributed by atoms with Crippen LogP contribution in [0.3, 0.4) is 0 Å². The van der Waals surface area contributed by atoms with Gasteiger partial charge in [0.2, 0.25) is 0 Å². The van der Waals surface area contributed by atoms with Gasteiger partial charge in [0.1, 0.15) is 5.75 Å². The van der Waals surface area contributed by atoms with Crippen LogP contribution < -0.4 is 4.74 Å². The lowest BCUT2D eigenvalue weighted by Gasteiger charge is -2.25. The smallest absolute Gasteiger partial charge is 0.335 e. The molecule has 0 heterocycles. The van der Waals surface area contributed by atoms with E-state index in [1.807, 2.05) is 26.0 Å². The lowest BCUT2D eigenvalue weighted by atomic mass is 9.85. The van der Waals surface area contributed by atoms with Gasteiger partial charge in [-0.05, 0) is 60.2 Å². The average Bonchev–Trinajstić information content (AvgIpc) is 2.55. The predicted molar refractivity (Wildman–Crippen MR) is 103 cm³/mol. The maximum absolute atomic E-state index is 10.9. The highest BCUT2D eigenvalue weighted by atomic mass is 16.5. The highest BCUT2D eigenvalue weighted by Gasteiger charge is 2.20. The summed E-state index contributed by atoms with van der Waals surface area (Å²) in [5, 5.41) is 8.93. The molecular formula is C22H28O4. The van der Waals surface area contributed by atoms with Gasteiger partial charge in [-0.25, -0.2) is 4.79 Å². The zero-order valence-electron chi connectivity index (χ0n) is 16.2. The van der Waals surface area contributed by atoms with Crippen molar-refractivity contribution in [3.05, 3.63) is 64.7 Å². The van der Waals surface area contributed by atoms with Crippen LogP contribution in [0.25, 0.3) is 0 Å². The van der Waals surface area contributed by atoms with E-state index in [-0.39, 0.29) is 17.1 Å². The molecule has 140 valence electrons. The number of hydrogen-bond donors (Lipinski definition) is 1. The number of rotatable bonds is 7. The molecule has 0 radical (unpaired) electrons. The van der Waals surface area contributed by atoms with Crippen LogP contribution in [0.5, 0.6) is 5.75 Å². The number of carboxylic acid groups (broad SMARTS) is 1. The second kappa shape index (κ2) is 8.37. The highest BCUT2D eigenvalue weighted by molar-refractivity contribution is 5.87. The Bertz CT molecular complexity index is 740. The Kier molecular flexibility index (Phi) is 6.43. The second-order valence-electron chi connectivity index (χ2n) is 7.74. The molecule has 0 amide bonds. The standard InChI is InChI=1S/C22H28O4/c1-15(2)26-20-11-8-17(12-19(20)22(3,4)5)14-25-13-16-6-9-18(10-7-16)21(23)24/h6-12,15H,13-14H2,1-5H3,(H,23,24). The van der Waals surface area contributed by atoms with Gasteiger partial charge in [0, 0.05) is 0 Å². The minimum Gasteiger partial charge on any atom is -0.491 e. The van der Waals surface area contributed by atoms with E-state index in [2.05, 4.69) is 26.8 Å². The number of carboxylic acids is 1. The Balaban J connectivity index is 2.04. The molecule has 0 bridgehead atoms. The molecule has 0 aliphatic carbocycles. The second-order valence-corrected chi connectivity index (χ2v) is 7.74. The van der Waals surface area contributed by atoms with Crippen LogP contribution in [0.4, 0.5) is 0 Å². The van der Waals surface area contributed by atoms with Crippen molar-refractivity contribution in [2.45, 2.75) is 59.4 Å². The molecule has 0 saturated carbocycles. The summed E-state index contributed by atoms with van der Waals surface area (Å²) in [7, 11) is 0. The fraction of sp³-hybridized carbons (Fsp3) is 0.409. The van der Waals surface area contributed by atoms with Crippen molar-refractivity contribution in [1.82, 2.24) is 0 Å². The molecule has 0 spiro atoms. The summed E-state index contributed by atoms with van der Waals surface area (Å²) in [6.45, 7) is 11.5. The monoisotopic (exact) mass is 356 g/mol. The predicted octanol–water partition coefficient (Wildman–Crippen LogP) is 5.19. The highest BCUT2D eigenvalue weighted by Crippen LogP contribution is 2.33. The van der Waals surface area contributed by atoms with E-state index < -0.39 is 5.97 Å². The number of ether oxygens (including phenoxy) is 2. The van der Waals surface area contributed by atoms with Crippen LogP contribution in [0.2, 0.25) is 0 Å². The van der Waals surface area contributed by atoms with Gasteiger partial charge in [0.15, 0.2) is 0 Å². The first-order valence-electron chi connectivity index (χ1n) is 8.87. The molecule has 4 heteroatoms. The molecule has 26 heavy (non-hydrogen) atoms. The summed E-state index contributed by atoms with van der Waals surface area (Å²) in [5.41, 5.74) is 3.47. The van der Waals surface area contributed by atoms with E-state index in [1.54, 1.807) is 24.3 Å². The van der Waals surface area contributed by atoms with Gasteiger partial charge < -0.3 is 14.6 Å². The Morgan fingerprint density at radius 3 is 2.12 bits per heavy atom. The molecule has 2 aromatic rings. The van der Waals surface area contributed by atoms with Crippen LogP contribution in [-0.2, 0) is 23.4 Å². The summed E-state index contributed by atoms with van der Waals surface area (Å²) in [6.07, 6.45) is 0.131. The summed E-state index contributed by atoms with van der Waals surface area (Å²) >= 11 is 0. The lowest BCUT2D eigenvalue weighted by Crippen LogP contribution is -2.16. The molecule has 2 rings (SSSR count). The molecule has 0 aliphatic rings. The molecule has 4 nitrogen and oxygen atoms in total. The van der Waals surface area contributed by atoms with Crippen molar-refractivity contribution >= 4 is 5.97 Å². The molecular weight excluding hydrogens is 328 g/mol.